The number of hydrogen-bond acceptors (Lipinski definition) is 3. The van der Waals surface area contributed by atoms with Crippen molar-refractivity contribution in [2.45, 2.75) is 63.8 Å². The van der Waals surface area contributed by atoms with Gasteiger partial charge in [0.05, 0.1) is 0 Å². The first-order valence-electron chi connectivity index (χ1n) is 8.64. The summed E-state index contributed by atoms with van der Waals surface area (Å²) >= 11 is 0. The molecule has 24 heavy (non-hydrogen) atoms. The maximum Gasteiger partial charge on any atom is 0.329 e. The molecule has 0 spiro atoms. The van der Waals surface area contributed by atoms with Gasteiger partial charge in [-0.1, -0.05) is 19.3 Å². The van der Waals surface area contributed by atoms with Gasteiger partial charge in [0.25, 0.3) is 5.91 Å². The molecular weight excluding hydrogens is 308 g/mol. The Hall–Kier alpha value is -2.11. The van der Waals surface area contributed by atoms with Gasteiger partial charge in [0, 0.05) is 24.7 Å². The fourth-order valence-corrected chi connectivity index (χ4v) is 4.18. The van der Waals surface area contributed by atoms with Crippen molar-refractivity contribution in [3.8, 4) is 0 Å². The first kappa shape index (κ1) is 16.7. The smallest absolute Gasteiger partial charge is 0.329 e. The molecule has 1 aromatic heterocycles. The standard InChI is InChI=1S/C18H24N2O4/c1-11-14-12(7-6-8-13(14)21)19-15(11)16(22)20(2)18(17(23)24)9-4-3-5-10-18/h19H,3-10H2,1-2H3,(H,23,24). The highest BCUT2D eigenvalue weighted by molar-refractivity contribution is 6.05. The zero-order valence-corrected chi connectivity index (χ0v) is 14.3. The van der Waals surface area contributed by atoms with E-state index in [2.05, 4.69) is 4.98 Å². The van der Waals surface area contributed by atoms with Gasteiger partial charge < -0.3 is 15.0 Å². The number of aromatic amines is 1. The Morgan fingerprint density at radius 1 is 1.12 bits per heavy atom. The van der Waals surface area contributed by atoms with Crippen molar-refractivity contribution in [3.63, 3.8) is 0 Å². The zero-order chi connectivity index (χ0) is 17.5. The Morgan fingerprint density at radius 3 is 2.38 bits per heavy atom. The topological polar surface area (TPSA) is 90.5 Å². The fraction of sp³-hybridized carbons (Fsp3) is 0.611. The molecule has 1 fully saturated rings. The molecule has 2 N–H and O–H groups in total. The van der Waals surface area contributed by atoms with Crippen LogP contribution in [0.2, 0.25) is 0 Å². The summed E-state index contributed by atoms with van der Waals surface area (Å²) in [7, 11) is 1.57. The van der Waals surface area contributed by atoms with E-state index in [1.54, 1.807) is 14.0 Å². The summed E-state index contributed by atoms with van der Waals surface area (Å²) in [6.07, 6.45) is 5.62. The number of rotatable bonds is 3. The molecule has 1 aromatic rings. The highest BCUT2D eigenvalue weighted by Crippen LogP contribution is 2.35. The number of carbonyl (C=O) groups is 3. The molecule has 0 bridgehead atoms. The molecule has 0 aliphatic heterocycles. The van der Waals surface area contributed by atoms with E-state index in [1.165, 1.54) is 4.90 Å². The number of carboxylic acids is 1. The molecule has 2 aliphatic carbocycles. The average Bonchev–Trinajstić information content (AvgIpc) is 2.92. The van der Waals surface area contributed by atoms with Crippen molar-refractivity contribution in [1.29, 1.82) is 0 Å². The van der Waals surface area contributed by atoms with Gasteiger partial charge in [0.15, 0.2) is 5.78 Å². The van der Waals surface area contributed by atoms with Crippen LogP contribution in [-0.4, -0.2) is 45.2 Å². The highest BCUT2D eigenvalue weighted by Gasteiger charge is 2.46. The maximum absolute atomic E-state index is 13.0. The third kappa shape index (κ3) is 2.44. The summed E-state index contributed by atoms with van der Waals surface area (Å²) in [5, 5.41) is 9.77. The molecule has 0 aromatic carbocycles. The van der Waals surface area contributed by atoms with Gasteiger partial charge in [-0.3, -0.25) is 9.59 Å². The quantitative estimate of drug-likeness (QED) is 0.890. The Balaban J connectivity index is 1.96. The number of nitrogens with zero attached hydrogens (tertiary/aromatic N) is 1. The van der Waals surface area contributed by atoms with Gasteiger partial charge in [-0.15, -0.1) is 0 Å². The normalized spacial score (nSPS) is 19.7. The highest BCUT2D eigenvalue weighted by atomic mass is 16.4. The van der Waals surface area contributed by atoms with E-state index in [0.717, 1.165) is 37.8 Å². The number of aliphatic carboxylic acids is 1. The van der Waals surface area contributed by atoms with Gasteiger partial charge in [-0.25, -0.2) is 4.79 Å². The summed E-state index contributed by atoms with van der Waals surface area (Å²) in [5.41, 5.74) is 1.32. The summed E-state index contributed by atoms with van der Waals surface area (Å²) < 4.78 is 0. The van der Waals surface area contributed by atoms with Gasteiger partial charge in [0.2, 0.25) is 0 Å². The van der Waals surface area contributed by atoms with Crippen molar-refractivity contribution in [2.75, 3.05) is 7.05 Å². The molecule has 3 rings (SSSR count). The number of aryl methyl sites for hydroxylation is 1. The first-order chi connectivity index (χ1) is 11.4. The van der Waals surface area contributed by atoms with Gasteiger partial charge in [0.1, 0.15) is 11.2 Å². The number of Topliss-reactive ketones (excluding diaryl/α,β-unsaturated/α-hetero) is 1. The summed E-state index contributed by atoms with van der Waals surface area (Å²) in [6.45, 7) is 1.77. The van der Waals surface area contributed by atoms with Gasteiger partial charge in [-0.2, -0.15) is 0 Å². The molecule has 0 saturated heterocycles. The number of H-pyrrole nitrogens is 1. The number of aromatic nitrogens is 1. The number of likely N-dealkylation sites (N-methyl/N-ethyl adjacent to an activating group) is 1. The lowest BCUT2D eigenvalue weighted by Gasteiger charge is -2.40. The van der Waals surface area contributed by atoms with Crippen LogP contribution < -0.4 is 0 Å². The van der Waals surface area contributed by atoms with Crippen LogP contribution in [0, 0.1) is 6.92 Å². The predicted molar refractivity (Wildman–Crippen MR) is 88.3 cm³/mol. The summed E-state index contributed by atoms with van der Waals surface area (Å²) in [5.74, 6) is -1.21. The van der Waals surface area contributed by atoms with Crippen LogP contribution in [0.5, 0.6) is 0 Å². The largest absolute Gasteiger partial charge is 0.479 e. The number of carboxylic acid groups (broad SMARTS) is 1. The van der Waals surface area contributed by atoms with Crippen LogP contribution in [0.15, 0.2) is 0 Å². The van der Waals surface area contributed by atoms with E-state index >= 15 is 0 Å². The predicted octanol–water partition coefficient (Wildman–Crippen LogP) is 2.70. The monoisotopic (exact) mass is 332 g/mol. The van der Waals surface area contributed by atoms with Crippen LogP contribution in [0.4, 0.5) is 0 Å². The van der Waals surface area contributed by atoms with Gasteiger partial charge in [-0.05, 0) is 38.2 Å². The molecule has 130 valence electrons. The number of nitrogens with one attached hydrogen (secondary N) is 1. The fourth-order valence-electron chi connectivity index (χ4n) is 4.18. The van der Waals surface area contributed by atoms with Crippen molar-refractivity contribution in [2.24, 2.45) is 0 Å². The molecule has 6 heteroatoms. The van der Waals surface area contributed by atoms with Crippen LogP contribution in [0.1, 0.15) is 77.0 Å². The number of fused-ring (bicyclic) bond motifs is 1. The van der Waals surface area contributed by atoms with Crippen LogP contribution in [0.25, 0.3) is 0 Å². The van der Waals surface area contributed by atoms with Crippen LogP contribution in [-0.2, 0) is 11.2 Å². The molecule has 0 atom stereocenters. The van der Waals surface area contributed by atoms with Crippen molar-refractivity contribution in [3.05, 3.63) is 22.5 Å². The molecule has 6 nitrogen and oxygen atoms in total. The lowest BCUT2D eigenvalue weighted by Crippen LogP contribution is -2.56. The number of amides is 1. The second-order valence-corrected chi connectivity index (χ2v) is 7.02. The van der Waals surface area contributed by atoms with Crippen LogP contribution in [0.3, 0.4) is 0 Å². The van der Waals surface area contributed by atoms with Gasteiger partial charge >= 0.3 is 5.97 Å². The minimum atomic E-state index is -1.14. The lowest BCUT2D eigenvalue weighted by molar-refractivity contribution is -0.151. The van der Waals surface area contributed by atoms with Crippen molar-refractivity contribution in [1.82, 2.24) is 9.88 Å². The van der Waals surface area contributed by atoms with E-state index < -0.39 is 11.5 Å². The average molecular weight is 332 g/mol. The molecular formula is C18H24N2O4. The van der Waals surface area contributed by atoms with Crippen molar-refractivity contribution < 1.29 is 19.5 Å². The Morgan fingerprint density at radius 2 is 1.79 bits per heavy atom. The third-order valence-electron chi connectivity index (χ3n) is 5.68. The molecule has 1 heterocycles. The molecule has 0 unspecified atom stereocenters. The number of ketones is 1. The van der Waals surface area contributed by atoms with E-state index in [4.69, 9.17) is 0 Å². The molecule has 1 amide bonds. The van der Waals surface area contributed by atoms with E-state index in [-0.39, 0.29) is 11.7 Å². The zero-order valence-electron chi connectivity index (χ0n) is 14.3. The Kier molecular flexibility index (Phi) is 4.24. The minimum Gasteiger partial charge on any atom is -0.479 e. The SMILES string of the molecule is Cc1c(C(=O)N(C)C2(C(=O)O)CCCCC2)[nH]c2c1C(=O)CCC2. The van der Waals surface area contributed by atoms with Crippen LogP contribution >= 0.6 is 0 Å². The first-order valence-corrected chi connectivity index (χ1v) is 8.64. The van der Waals surface area contributed by atoms with E-state index in [9.17, 15) is 19.5 Å². The Bertz CT molecular complexity index is 698. The van der Waals surface area contributed by atoms with E-state index in [1.807, 2.05) is 0 Å². The molecule has 0 radical (unpaired) electrons. The maximum atomic E-state index is 13.0. The summed E-state index contributed by atoms with van der Waals surface area (Å²) in [6, 6.07) is 0. The third-order valence-corrected chi connectivity index (χ3v) is 5.68. The lowest BCUT2D eigenvalue weighted by atomic mass is 9.80. The number of hydrogen-bond donors (Lipinski definition) is 2. The van der Waals surface area contributed by atoms with Crippen molar-refractivity contribution >= 4 is 17.7 Å². The van der Waals surface area contributed by atoms with E-state index in [0.29, 0.717) is 36.1 Å². The minimum absolute atomic E-state index is 0.0670. The summed E-state index contributed by atoms with van der Waals surface area (Å²) in [4.78, 5) is 41.6. The Labute approximate surface area is 141 Å². The number of carbonyl (C=O) groups excluding carboxylic acids is 2. The molecule has 1 saturated carbocycles. The molecule has 2 aliphatic rings. The second-order valence-electron chi connectivity index (χ2n) is 7.02. The second kappa shape index (κ2) is 6.07.